The molecule has 0 aliphatic carbocycles. The number of ether oxygens (including phenoxy) is 2. The van der Waals surface area contributed by atoms with E-state index in [4.69, 9.17) is 16.3 Å². The molecule has 0 saturated heterocycles. The number of halogens is 1. The maximum atomic E-state index is 12.4. The second-order valence-electron chi connectivity index (χ2n) is 5.59. The van der Waals surface area contributed by atoms with Crippen LogP contribution in [0.1, 0.15) is 22.8 Å². The summed E-state index contributed by atoms with van der Waals surface area (Å²) in [5.41, 5.74) is 0.756. The van der Waals surface area contributed by atoms with Gasteiger partial charge in [-0.2, -0.15) is 0 Å². The fourth-order valence-corrected chi connectivity index (χ4v) is 2.40. The van der Waals surface area contributed by atoms with Gasteiger partial charge in [0.15, 0.2) is 11.9 Å². The highest BCUT2D eigenvalue weighted by Crippen LogP contribution is 2.29. The lowest BCUT2D eigenvalue weighted by atomic mass is 10.2. The van der Waals surface area contributed by atoms with Gasteiger partial charge in [0.2, 0.25) is 0 Å². The maximum Gasteiger partial charge on any atom is 0.338 e. The molecule has 1 N–H and O–H groups in total. The van der Waals surface area contributed by atoms with E-state index in [9.17, 15) is 19.7 Å². The number of anilines is 1. The van der Waals surface area contributed by atoms with E-state index in [1.807, 2.05) is 0 Å². The van der Waals surface area contributed by atoms with Crippen molar-refractivity contribution in [2.75, 3.05) is 12.4 Å². The summed E-state index contributed by atoms with van der Waals surface area (Å²) in [4.78, 5) is 34.5. The lowest BCUT2D eigenvalue weighted by Crippen LogP contribution is -2.30. The van der Waals surface area contributed by atoms with Gasteiger partial charge in [0, 0.05) is 16.8 Å². The van der Waals surface area contributed by atoms with Crippen molar-refractivity contribution in [3.05, 3.63) is 62.7 Å². The highest BCUT2D eigenvalue weighted by atomic mass is 35.5. The van der Waals surface area contributed by atoms with Crippen LogP contribution in [-0.4, -0.2) is 30.0 Å². The quantitative estimate of drug-likeness (QED) is 0.455. The maximum absolute atomic E-state index is 12.4. The molecule has 0 aromatic heterocycles. The molecule has 0 fully saturated rings. The number of hydrogen-bond acceptors (Lipinski definition) is 6. The first-order chi connectivity index (χ1) is 12.7. The van der Waals surface area contributed by atoms with Crippen LogP contribution in [0.2, 0.25) is 5.02 Å². The van der Waals surface area contributed by atoms with Crippen molar-refractivity contribution in [1.82, 2.24) is 0 Å². The van der Waals surface area contributed by atoms with Crippen LogP contribution in [0.15, 0.2) is 36.4 Å². The first kappa shape index (κ1) is 20.2. The average Bonchev–Trinajstić information content (AvgIpc) is 2.64. The topological polar surface area (TPSA) is 108 Å². The van der Waals surface area contributed by atoms with E-state index in [2.05, 4.69) is 10.1 Å². The van der Waals surface area contributed by atoms with E-state index < -0.39 is 28.6 Å². The fraction of sp³-hybridized carbons (Fsp3) is 0.222. The molecule has 2 aromatic carbocycles. The predicted octanol–water partition coefficient (Wildman–Crippen LogP) is 3.75. The molecule has 142 valence electrons. The highest BCUT2D eigenvalue weighted by molar-refractivity contribution is 6.31. The fourth-order valence-electron chi connectivity index (χ4n) is 2.23. The Morgan fingerprint density at radius 3 is 2.59 bits per heavy atom. The standard InChI is InChI=1S/C18H17ClN2O6/c1-10-13(19)5-4-6-14(10)20-17(22)11(2)27-16-8-7-12(18(23)26-3)9-15(16)21(24)25/h4-9,11H,1-3H3,(H,20,22)/t11-/m1/s1. The third-order valence-corrected chi connectivity index (χ3v) is 4.18. The number of hydrogen-bond donors (Lipinski definition) is 1. The van der Waals surface area contributed by atoms with Gasteiger partial charge < -0.3 is 14.8 Å². The molecule has 0 aliphatic rings. The molecule has 0 spiro atoms. The van der Waals surface area contributed by atoms with E-state index >= 15 is 0 Å². The molecule has 0 unspecified atom stereocenters. The summed E-state index contributed by atoms with van der Waals surface area (Å²) in [5.74, 6) is -1.36. The summed E-state index contributed by atoms with van der Waals surface area (Å²) < 4.78 is 9.98. The van der Waals surface area contributed by atoms with E-state index in [-0.39, 0.29) is 11.3 Å². The zero-order chi connectivity index (χ0) is 20.1. The normalized spacial score (nSPS) is 11.4. The molecule has 1 amide bonds. The van der Waals surface area contributed by atoms with E-state index in [0.717, 1.165) is 6.07 Å². The Balaban J connectivity index is 2.20. The van der Waals surface area contributed by atoms with E-state index in [1.165, 1.54) is 26.2 Å². The number of carbonyl (C=O) groups excluding carboxylic acids is 2. The SMILES string of the molecule is COC(=O)c1ccc(O[C@H](C)C(=O)Nc2cccc(Cl)c2C)c([N+](=O)[O-])c1. The molecule has 2 aromatic rings. The molecule has 8 nitrogen and oxygen atoms in total. The first-order valence-electron chi connectivity index (χ1n) is 7.84. The smallest absolute Gasteiger partial charge is 0.338 e. The molecule has 0 aliphatic heterocycles. The van der Waals surface area contributed by atoms with Gasteiger partial charge in [-0.05, 0) is 43.7 Å². The van der Waals surface area contributed by atoms with Crippen LogP contribution in [0.25, 0.3) is 0 Å². The number of rotatable bonds is 6. The number of nitro groups is 1. The predicted molar refractivity (Wildman–Crippen MR) is 99.3 cm³/mol. The number of nitro benzene ring substituents is 1. The van der Waals surface area contributed by atoms with Crippen molar-refractivity contribution in [1.29, 1.82) is 0 Å². The molecule has 0 radical (unpaired) electrons. The van der Waals surface area contributed by atoms with Gasteiger partial charge in [0.1, 0.15) is 0 Å². The molecule has 1 atom stereocenters. The van der Waals surface area contributed by atoms with Gasteiger partial charge in [0.25, 0.3) is 5.91 Å². The monoisotopic (exact) mass is 392 g/mol. The van der Waals surface area contributed by atoms with Crippen LogP contribution in [0.4, 0.5) is 11.4 Å². The van der Waals surface area contributed by atoms with Crippen molar-refractivity contribution in [3.8, 4) is 5.75 Å². The van der Waals surface area contributed by atoms with E-state index in [1.54, 1.807) is 25.1 Å². The number of nitrogens with zero attached hydrogens (tertiary/aromatic N) is 1. The number of methoxy groups -OCH3 is 1. The van der Waals surface area contributed by atoms with Gasteiger partial charge in [-0.25, -0.2) is 4.79 Å². The molecular weight excluding hydrogens is 376 g/mol. The van der Waals surface area contributed by atoms with Crippen LogP contribution in [0.5, 0.6) is 5.75 Å². The zero-order valence-corrected chi connectivity index (χ0v) is 15.6. The number of carbonyl (C=O) groups is 2. The van der Waals surface area contributed by atoms with Gasteiger partial charge in [-0.15, -0.1) is 0 Å². The second kappa shape index (κ2) is 8.50. The molecule has 2 rings (SSSR count). The number of benzene rings is 2. The first-order valence-corrected chi connectivity index (χ1v) is 8.21. The Hall–Kier alpha value is -3.13. The van der Waals surface area contributed by atoms with Crippen LogP contribution >= 0.6 is 11.6 Å². The highest BCUT2D eigenvalue weighted by Gasteiger charge is 2.23. The molecule has 0 heterocycles. The summed E-state index contributed by atoms with van der Waals surface area (Å²) >= 11 is 6.02. The van der Waals surface area contributed by atoms with E-state index in [0.29, 0.717) is 16.3 Å². The third kappa shape index (κ3) is 4.73. The lowest BCUT2D eigenvalue weighted by Gasteiger charge is -2.16. The molecule has 0 saturated carbocycles. The Bertz CT molecular complexity index is 899. The lowest BCUT2D eigenvalue weighted by molar-refractivity contribution is -0.386. The van der Waals surface area contributed by atoms with Crippen LogP contribution in [0.3, 0.4) is 0 Å². The van der Waals surface area contributed by atoms with Crippen molar-refractivity contribution >= 4 is 34.9 Å². The van der Waals surface area contributed by atoms with Crippen molar-refractivity contribution in [3.63, 3.8) is 0 Å². The summed E-state index contributed by atoms with van der Waals surface area (Å²) in [6, 6.07) is 8.66. The second-order valence-corrected chi connectivity index (χ2v) is 6.00. The van der Waals surface area contributed by atoms with Gasteiger partial charge >= 0.3 is 11.7 Å². The Labute approximate surface area is 160 Å². The average molecular weight is 393 g/mol. The van der Waals surface area contributed by atoms with Gasteiger partial charge in [-0.1, -0.05) is 17.7 Å². The molecule has 9 heteroatoms. The summed E-state index contributed by atoms with van der Waals surface area (Å²) in [7, 11) is 1.17. The Morgan fingerprint density at radius 2 is 1.96 bits per heavy atom. The molecule has 27 heavy (non-hydrogen) atoms. The zero-order valence-electron chi connectivity index (χ0n) is 14.8. The van der Waals surface area contributed by atoms with Gasteiger partial charge in [0.05, 0.1) is 17.6 Å². The van der Waals surface area contributed by atoms with Crippen molar-refractivity contribution < 1.29 is 24.0 Å². The Morgan fingerprint density at radius 1 is 1.26 bits per heavy atom. The third-order valence-electron chi connectivity index (χ3n) is 3.78. The number of amides is 1. The van der Waals surface area contributed by atoms with Crippen LogP contribution < -0.4 is 10.1 Å². The minimum absolute atomic E-state index is 0.00297. The molecular formula is C18H17ClN2O6. The minimum Gasteiger partial charge on any atom is -0.474 e. The summed E-state index contributed by atoms with van der Waals surface area (Å²) in [6.45, 7) is 3.20. The molecule has 0 bridgehead atoms. The summed E-state index contributed by atoms with van der Waals surface area (Å²) in [6.07, 6.45) is -1.04. The Kier molecular flexibility index (Phi) is 6.36. The van der Waals surface area contributed by atoms with Crippen molar-refractivity contribution in [2.45, 2.75) is 20.0 Å². The van der Waals surface area contributed by atoms with Gasteiger partial charge in [-0.3, -0.25) is 14.9 Å². The van der Waals surface area contributed by atoms with Crippen LogP contribution in [0, 0.1) is 17.0 Å². The minimum atomic E-state index is -1.04. The van der Waals surface area contributed by atoms with Crippen molar-refractivity contribution in [2.24, 2.45) is 0 Å². The number of nitrogens with one attached hydrogen (secondary N) is 1. The number of esters is 1. The summed E-state index contributed by atoms with van der Waals surface area (Å²) in [5, 5.41) is 14.4. The largest absolute Gasteiger partial charge is 0.474 e. The van der Waals surface area contributed by atoms with Crippen LogP contribution in [-0.2, 0) is 9.53 Å².